The second-order valence-corrected chi connectivity index (χ2v) is 13.0. The van der Waals surface area contributed by atoms with Crippen LogP contribution >= 0.6 is 7.26 Å². The number of ketones is 1. The molecule has 1 nitrogen and oxygen atoms in total. The zero-order valence-electron chi connectivity index (χ0n) is 12.2. The van der Waals surface area contributed by atoms with Crippen molar-refractivity contribution in [3.63, 3.8) is 0 Å². The van der Waals surface area contributed by atoms with Gasteiger partial charge in [0.15, 0.2) is 0 Å². The van der Waals surface area contributed by atoms with Gasteiger partial charge in [-0.05, 0) is 53.9 Å². The molecule has 0 aliphatic carbocycles. The molecule has 2 rings (SSSR count). The normalized spacial score (nSPS) is 43.4. The minimum absolute atomic E-state index is 0.359. The lowest BCUT2D eigenvalue weighted by atomic mass is 9.94. The number of carbonyl (C=O) groups is 1. The minimum Gasteiger partial charge on any atom is -0.299 e. The molecule has 98 valence electrons. The molecule has 0 N–H and O–H groups in total. The summed E-state index contributed by atoms with van der Waals surface area (Å²) in [6.07, 6.45) is 7.01. The first-order valence-electron chi connectivity index (χ1n) is 7.13. The van der Waals surface area contributed by atoms with Crippen LogP contribution in [0.5, 0.6) is 0 Å². The molecule has 0 amide bonds. The van der Waals surface area contributed by atoms with Gasteiger partial charge in [0, 0.05) is 20.1 Å². The fourth-order valence-electron chi connectivity index (χ4n) is 5.07. The maximum Gasteiger partial charge on any atom is 0.140 e. The zero-order chi connectivity index (χ0) is 12.9. The van der Waals surface area contributed by atoms with Gasteiger partial charge in [-0.25, -0.2) is 0 Å². The third-order valence-corrected chi connectivity index (χ3v) is 13.0. The van der Waals surface area contributed by atoms with Crippen molar-refractivity contribution >= 4 is 13.0 Å². The molecule has 2 heterocycles. The number of carbonyl (C=O) groups excluding carboxylic acids is 1. The topological polar surface area (TPSA) is 17.1 Å². The van der Waals surface area contributed by atoms with Gasteiger partial charge < -0.3 is 0 Å². The Labute approximate surface area is 107 Å². The molecule has 2 saturated heterocycles. The van der Waals surface area contributed by atoms with Gasteiger partial charge in [-0.2, -0.15) is 0 Å². The molecule has 0 aromatic rings. The molecule has 0 bridgehead atoms. The monoisotopic (exact) mass is 255 g/mol. The van der Waals surface area contributed by atoms with Gasteiger partial charge in [0.1, 0.15) is 5.78 Å². The highest BCUT2D eigenvalue weighted by molar-refractivity contribution is 7.79. The van der Waals surface area contributed by atoms with Gasteiger partial charge in [-0.1, -0.05) is 0 Å². The molecule has 0 aromatic heterocycles. The summed E-state index contributed by atoms with van der Waals surface area (Å²) in [5.41, 5.74) is 0.870. The summed E-state index contributed by atoms with van der Waals surface area (Å²) in [6, 6.07) is 0. The van der Waals surface area contributed by atoms with E-state index in [1.165, 1.54) is 25.4 Å². The Morgan fingerprint density at radius 1 is 1.35 bits per heavy atom. The third-order valence-electron chi connectivity index (χ3n) is 5.57. The quantitative estimate of drug-likeness (QED) is 0.583. The SMILES string of the molecule is CC1CCCC2(C)CC(=O)CC[P+]12C(C)(C)C. The van der Waals surface area contributed by atoms with E-state index in [1.807, 2.05) is 0 Å². The van der Waals surface area contributed by atoms with Crippen LogP contribution in [0.2, 0.25) is 0 Å². The van der Waals surface area contributed by atoms with Crippen LogP contribution < -0.4 is 0 Å². The Morgan fingerprint density at radius 3 is 2.59 bits per heavy atom. The van der Waals surface area contributed by atoms with Crippen molar-refractivity contribution in [2.75, 3.05) is 6.16 Å². The highest BCUT2D eigenvalue weighted by Gasteiger charge is 2.67. The third kappa shape index (κ3) is 1.81. The summed E-state index contributed by atoms with van der Waals surface area (Å²) in [6.45, 7) is 12.2. The highest BCUT2D eigenvalue weighted by Crippen LogP contribution is 2.84. The van der Waals surface area contributed by atoms with Gasteiger partial charge in [0.2, 0.25) is 0 Å². The summed E-state index contributed by atoms with van der Waals surface area (Å²) in [5.74, 6) is 0.529. The predicted octanol–water partition coefficient (Wildman–Crippen LogP) is 4.50. The van der Waals surface area contributed by atoms with Crippen molar-refractivity contribution in [1.29, 1.82) is 0 Å². The lowest BCUT2D eigenvalue weighted by molar-refractivity contribution is -0.119. The molecule has 2 aliphatic heterocycles. The van der Waals surface area contributed by atoms with Crippen LogP contribution in [0.4, 0.5) is 0 Å². The van der Waals surface area contributed by atoms with Gasteiger partial charge in [-0.3, -0.25) is 4.79 Å². The molecular formula is C15H28OP+. The summed E-state index contributed by atoms with van der Waals surface area (Å²) in [7, 11) is -1.04. The molecule has 2 fully saturated rings. The summed E-state index contributed by atoms with van der Waals surface area (Å²) in [4.78, 5) is 11.9. The Hall–Kier alpha value is 0.100. The lowest BCUT2D eigenvalue weighted by Crippen LogP contribution is -2.50. The number of fused-ring (bicyclic) bond motifs is 1. The van der Waals surface area contributed by atoms with Crippen molar-refractivity contribution in [3.8, 4) is 0 Å². The number of Topliss-reactive ketones (excluding diaryl/α,β-unsaturated/α-hetero) is 1. The van der Waals surface area contributed by atoms with E-state index in [9.17, 15) is 4.79 Å². The van der Waals surface area contributed by atoms with E-state index in [2.05, 4.69) is 34.6 Å². The maximum atomic E-state index is 11.9. The lowest BCUT2D eigenvalue weighted by Gasteiger charge is -2.57. The van der Waals surface area contributed by atoms with Crippen LogP contribution in [-0.4, -0.2) is 27.9 Å². The van der Waals surface area contributed by atoms with Crippen LogP contribution in [-0.2, 0) is 4.79 Å². The first-order valence-corrected chi connectivity index (χ1v) is 9.17. The number of rotatable bonds is 0. The van der Waals surface area contributed by atoms with Crippen molar-refractivity contribution in [3.05, 3.63) is 0 Å². The molecule has 2 heteroatoms. The Morgan fingerprint density at radius 2 is 2.00 bits per heavy atom. The molecule has 3 unspecified atom stereocenters. The van der Waals surface area contributed by atoms with Crippen molar-refractivity contribution < 1.29 is 4.79 Å². The summed E-state index contributed by atoms with van der Waals surface area (Å²) < 4.78 is 0. The molecule has 17 heavy (non-hydrogen) atoms. The van der Waals surface area contributed by atoms with Gasteiger partial charge >= 0.3 is 0 Å². The van der Waals surface area contributed by atoms with Crippen molar-refractivity contribution in [2.45, 2.75) is 82.7 Å². The first kappa shape index (κ1) is 13.5. The molecule has 0 aromatic carbocycles. The van der Waals surface area contributed by atoms with Crippen LogP contribution in [0.1, 0.15) is 66.7 Å². The van der Waals surface area contributed by atoms with E-state index in [-0.39, 0.29) is 0 Å². The van der Waals surface area contributed by atoms with E-state index in [4.69, 9.17) is 0 Å². The average molecular weight is 255 g/mol. The fraction of sp³-hybridized carbons (Fsp3) is 0.933. The molecule has 0 spiro atoms. The van der Waals surface area contributed by atoms with Crippen molar-refractivity contribution in [1.82, 2.24) is 0 Å². The van der Waals surface area contributed by atoms with E-state index in [0.717, 1.165) is 18.5 Å². The van der Waals surface area contributed by atoms with Crippen LogP contribution in [0.25, 0.3) is 0 Å². The minimum atomic E-state index is -1.04. The maximum absolute atomic E-state index is 11.9. The number of hydrogen-bond donors (Lipinski definition) is 0. The van der Waals surface area contributed by atoms with Crippen LogP contribution in [0.15, 0.2) is 0 Å². The first-order chi connectivity index (χ1) is 7.73. The van der Waals surface area contributed by atoms with Crippen LogP contribution in [0.3, 0.4) is 0 Å². The average Bonchev–Trinajstić information content (AvgIpc) is 2.14. The predicted molar refractivity (Wildman–Crippen MR) is 77.5 cm³/mol. The summed E-state index contributed by atoms with van der Waals surface area (Å²) >= 11 is 0. The molecule has 3 atom stereocenters. The second kappa shape index (κ2) is 4.05. The van der Waals surface area contributed by atoms with Gasteiger partial charge in [0.05, 0.1) is 22.1 Å². The van der Waals surface area contributed by atoms with E-state index in [1.54, 1.807) is 0 Å². The number of hydrogen-bond acceptors (Lipinski definition) is 1. The Bertz CT molecular complexity index is 330. The van der Waals surface area contributed by atoms with E-state index >= 15 is 0 Å². The van der Waals surface area contributed by atoms with Crippen LogP contribution in [0, 0.1) is 0 Å². The van der Waals surface area contributed by atoms with Gasteiger partial charge in [0.25, 0.3) is 0 Å². The van der Waals surface area contributed by atoms with Crippen molar-refractivity contribution in [2.24, 2.45) is 0 Å². The van der Waals surface area contributed by atoms with E-state index in [0.29, 0.717) is 16.1 Å². The molecule has 2 aliphatic rings. The Balaban J connectivity index is 2.49. The standard InChI is InChI=1S/C15H28OP/c1-12-7-6-9-15(5)11-13(16)8-10-17(12,15)14(2,3)4/h12H,6-11H2,1-5H3/q+1. The highest BCUT2D eigenvalue weighted by atomic mass is 31.2. The van der Waals surface area contributed by atoms with E-state index < -0.39 is 7.26 Å². The summed E-state index contributed by atoms with van der Waals surface area (Å²) in [5, 5.41) is 0.778. The smallest absolute Gasteiger partial charge is 0.140 e. The van der Waals surface area contributed by atoms with Gasteiger partial charge in [-0.15, -0.1) is 0 Å². The molecular weight excluding hydrogens is 227 g/mol. The second-order valence-electron chi connectivity index (χ2n) is 7.47. The molecule has 0 saturated carbocycles. The largest absolute Gasteiger partial charge is 0.299 e. The molecule has 0 radical (unpaired) electrons. The zero-order valence-corrected chi connectivity index (χ0v) is 13.1. The Kier molecular flexibility index (Phi) is 3.22. The fourth-order valence-corrected chi connectivity index (χ4v) is 13.0.